The van der Waals surface area contributed by atoms with Crippen molar-refractivity contribution in [1.29, 1.82) is 0 Å². The summed E-state index contributed by atoms with van der Waals surface area (Å²) in [6, 6.07) is 8.00. The second kappa shape index (κ2) is 10.7. The van der Waals surface area contributed by atoms with Gasteiger partial charge in [-0.25, -0.2) is 4.39 Å². The molecule has 0 amide bonds. The summed E-state index contributed by atoms with van der Waals surface area (Å²) in [5.74, 6) is -4.45. The first kappa shape index (κ1) is 25.9. The van der Waals surface area contributed by atoms with E-state index in [1.807, 2.05) is 19.1 Å². The lowest BCUT2D eigenvalue weighted by Crippen LogP contribution is -2.41. The quantitative estimate of drug-likeness (QED) is 0.279. The molecule has 1 fully saturated rings. The van der Waals surface area contributed by atoms with Crippen LogP contribution in [-0.4, -0.2) is 18.8 Å². The second-order valence-corrected chi connectivity index (χ2v) is 8.15. The van der Waals surface area contributed by atoms with E-state index in [4.69, 9.17) is 4.74 Å². The number of alkyl halides is 5. The molecule has 2 aromatic rings. The normalized spacial score (nSPS) is 19.4. The summed E-state index contributed by atoms with van der Waals surface area (Å²) >= 11 is 0. The molecule has 1 aliphatic rings. The fourth-order valence-corrected chi connectivity index (χ4v) is 3.87. The van der Waals surface area contributed by atoms with Crippen LogP contribution in [0.25, 0.3) is 11.1 Å². The number of rotatable bonds is 8. The van der Waals surface area contributed by atoms with E-state index in [1.54, 1.807) is 12.1 Å². The summed E-state index contributed by atoms with van der Waals surface area (Å²) in [6.07, 6.45) is -2.33. The third-order valence-corrected chi connectivity index (χ3v) is 5.79. The van der Waals surface area contributed by atoms with Gasteiger partial charge in [-0.1, -0.05) is 42.5 Å². The zero-order chi connectivity index (χ0) is 24.9. The summed E-state index contributed by atoms with van der Waals surface area (Å²) in [7, 11) is 0. The van der Waals surface area contributed by atoms with Gasteiger partial charge in [0, 0.05) is 0 Å². The highest BCUT2D eigenvalue weighted by molar-refractivity contribution is 5.70. The highest BCUT2D eigenvalue weighted by Gasteiger charge is 2.46. The summed E-state index contributed by atoms with van der Waals surface area (Å²) in [5, 5.41) is 0. The van der Waals surface area contributed by atoms with Gasteiger partial charge < -0.3 is 9.47 Å². The SMILES string of the molecule is C=CC1CCC(C(F)(F)Oc2ccc(-c3ccc(CCC=CC)cc3)c(C(F)(F)F)c2F)CO1. The molecule has 0 saturated carbocycles. The molecule has 0 spiro atoms. The summed E-state index contributed by atoms with van der Waals surface area (Å²) in [4.78, 5) is 0. The lowest BCUT2D eigenvalue weighted by molar-refractivity contribution is -0.240. The van der Waals surface area contributed by atoms with Gasteiger partial charge in [-0.15, -0.1) is 6.58 Å². The Morgan fingerprint density at radius 3 is 2.32 bits per heavy atom. The molecule has 2 atom stereocenters. The van der Waals surface area contributed by atoms with Crippen LogP contribution >= 0.6 is 0 Å². The predicted octanol–water partition coefficient (Wildman–Crippen LogP) is 7.97. The van der Waals surface area contributed by atoms with Crippen LogP contribution in [0, 0.1) is 11.7 Å². The third-order valence-electron chi connectivity index (χ3n) is 5.79. The van der Waals surface area contributed by atoms with Crippen molar-refractivity contribution in [3.63, 3.8) is 0 Å². The summed E-state index contributed by atoms with van der Waals surface area (Å²) < 4.78 is 95.5. The van der Waals surface area contributed by atoms with Crippen molar-refractivity contribution < 1.29 is 35.8 Å². The fourth-order valence-electron chi connectivity index (χ4n) is 3.87. The molecule has 184 valence electrons. The molecule has 2 aromatic carbocycles. The molecular formula is C26H26F6O2. The second-order valence-electron chi connectivity index (χ2n) is 8.15. The van der Waals surface area contributed by atoms with Crippen LogP contribution in [0.3, 0.4) is 0 Å². The van der Waals surface area contributed by atoms with E-state index < -0.39 is 40.9 Å². The largest absolute Gasteiger partial charge is 0.429 e. The minimum Gasteiger partial charge on any atom is -0.429 e. The van der Waals surface area contributed by atoms with Crippen LogP contribution < -0.4 is 4.74 Å². The minimum atomic E-state index is -5.12. The van der Waals surface area contributed by atoms with Crippen LogP contribution in [0.1, 0.15) is 37.3 Å². The van der Waals surface area contributed by atoms with Gasteiger partial charge in [0.25, 0.3) is 0 Å². The number of hydrogen-bond acceptors (Lipinski definition) is 2. The van der Waals surface area contributed by atoms with Crippen LogP contribution in [0.5, 0.6) is 5.75 Å². The molecule has 2 nitrogen and oxygen atoms in total. The molecule has 1 saturated heterocycles. The molecule has 8 heteroatoms. The van der Waals surface area contributed by atoms with Crippen LogP contribution in [0.15, 0.2) is 61.2 Å². The summed E-state index contributed by atoms with van der Waals surface area (Å²) in [6.45, 7) is 5.05. The van der Waals surface area contributed by atoms with Crippen molar-refractivity contribution in [3.8, 4) is 16.9 Å². The smallest absolute Gasteiger partial charge is 0.419 e. The van der Waals surface area contributed by atoms with Gasteiger partial charge in [0.1, 0.15) is 5.56 Å². The van der Waals surface area contributed by atoms with Crippen molar-refractivity contribution in [2.45, 2.75) is 51.0 Å². The van der Waals surface area contributed by atoms with E-state index in [-0.39, 0.29) is 31.1 Å². The number of ether oxygens (including phenoxy) is 2. The monoisotopic (exact) mass is 484 g/mol. The van der Waals surface area contributed by atoms with Crippen LogP contribution in [0.2, 0.25) is 0 Å². The van der Waals surface area contributed by atoms with E-state index in [0.29, 0.717) is 6.42 Å². The molecule has 0 bridgehead atoms. The van der Waals surface area contributed by atoms with Crippen molar-refractivity contribution in [1.82, 2.24) is 0 Å². The number of hydrogen-bond donors (Lipinski definition) is 0. The van der Waals surface area contributed by atoms with Crippen molar-refractivity contribution in [2.75, 3.05) is 6.61 Å². The average Bonchev–Trinajstić information content (AvgIpc) is 2.80. The van der Waals surface area contributed by atoms with Crippen molar-refractivity contribution in [3.05, 3.63) is 78.1 Å². The predicted molar refractivity (Wildman–Crippen MR) is 118 cm³/mol. The molecule has 3 rings (SSSR count). The third kappa shape index (κ3) is 6.03. The maximum atomic E-state index is 15.0. The van der Waals surface area contributed by atoms with Crippen molar-refractivity contribution >= 4 is 0 Å². The highest BCUT2D eigenvalue weighted by Crippen LogP contribution is 2.44. The Morgan fingerprint density at radius 2 is 1.76 bits per heavy atom. The number of allylic oxidation sites excluding steroid dienone is 2. The van der Waals surface area contributed by atoms with E-state index in [9.17, 15) is 26.3 Å². The average molecular weight is 484 g/mol. The molecule has 34 heavy (non-hydrogen) atoms. The maximum absolute atomic E-state index is 15.0. The first-order chi connectivity index (χ1) is 16.1. The Bertz CT molecular complexity index is 1000. The van der Waals surface area contributed by atoms with Gasteiger partial charge in [0.05, 0.1) is 18.6 Å². The van der Waals surface area contributed by atoms with Gasteiger partial charge >= 0.3 is 12.3 Å². The zero-order valence-corrected chi connectivity index (χ0v) is 18.7. The standard InChI is InChI=1S/C26H26F6O2/c1-3-5-6-7-17-8-10-18(11-9-17)21-14-15-22(24(27)23(21)25(28,29)30)34-26(31,32)19-12-13-20(4-2)33-16-19/h3-5,8-11,14-15,19-20H,2,6-7,12-13,16H2,1H3. The first-order valence-electron chi connectivity index (χ1n) is 11.0. The van der Waals surface area contributed by atoms with E-state index in [0.717, 1.165) is 24.1 Å². The van der Waals surface area contributed by atoms with E-state index in [2.05, 4.69) is 11.3 Å². The molecule has 1 heterocycles. The Hall–Kier alpha value is -2.74. The van der Waals surface area contributed by atoms with Crippen molar-refractivity contribution in [2.24, 2.45) is 5.92 Å². The van der Waals surface area contributed by atoms with E-state index >= 15 is 0 Å². The maximum Gasteiger partial charge on any atom is 0.419 e. The van der Waals surface area contributed by atoms with Gasteiger partial charge in [0.15, 0.2) is 11.6 Å². The number of aryl methyl sites for hydroxylation is 1. The number of benzene rings is 2. The Morgan fingerprint density at radius 1 is 1.06 bits per heavy atom. The van der Waals surface area contributed by atoms with Gasteiger partial charge in [-0.05, 0) is 61.4 Å². The molecule has 0 aromatic heterocycles. The molecule has 0 aliphatic carbocycles. The first-order valence-corrected chi connectivity index (χ1v) is 11.0. The van der Waals surface area contributed by atoms with Gasteiger partial charge in [-0.2, -0.15) is 22.0 Å². The zero-order valence-electron chi connectivity index (χ0n) is 18.7. The molecule has 1 aliphatic heterocycles. The molecular weight excluding hydrogens is 458 g/mol. The van der Waals surface area contributed by atoms with Gasteiger partial charge in [0.2, 0.25) is 0 Å². The highest BCUT2D eigenvalue weighted by atomic mass is 19.4. The number of halogens is 6. The fraction of sp³-hybridized carbons (Fsp3) is 0.385. The molecule has 0 radical (unpaired) electrons. The minimum absolute atomic E-state index is 0.00405. The van der Waals surface area contributed by atoms with Crippen LogP contribution in [0.4, 0.5) is 26.3 Å². The van der Waals surface area contributed by atoms with Crippen LogP contribution in [-0.2, 0) is 17.3 Å². The van der Waals surface area contributed by atoms with E-state index in [1.165, 1.54) is 18.2 Å². The lowest BCUT2D eigenvalue weighted by atomic mass is 9.96. The van der Waals surface area contributed by atoms with Gasteiger partial charge in [-0.3, -0.25) is 0 Å². The Kier molecular flexibility index (Phi) is 8.13. The molecule has 0 N–H and O–H groups in total. The topological polar surface area (TPSA) is 18.5 Å². The summed E-state index contributed by atoms with van der Waals surface area (Å²) in [5.41, 5.74) is -1.07. The molecule has 2 unspecified atom stereocenters. The Labute approximate surface area is 194 Å². The lowest BCUT2D eigenvalue weighted by Gasteiger charge is -2.32. The Balaban J connectivity index is 1.89.